The van der Waals surface area contributed by atoms with E-state index >= 15 is 0 Å². The van der Waals surface area contributed by atoms with Crippen LogP contribution in [0.5, 0.6) is 5.75 Å². The van der Waals surface area contributed by atoms with Gasteiger partial charge in [-0.15, -0.1) is 0 Å². The van der Waals surface area contributed by atoms with Crippen LogP contribution in [0.4, 0.5) is 0 Å². The number of pyridine rings is 1. The molecule has 0 aliphatic carbocycles. The fourth-order valence-corrected chi connectivity index (χ4v) is 3.44. The van der Waals surface area contributed by atoms with Crippen molar-refractivity contribution in [1.29, 1.82) is 0 Å². The monoisotopic (exact) mass is 398 g/mol. The highest BCUT2D eigenvalue weighted by molar-refractivity contribution is 9.11. The van der Waals surface area contributed by atoms with Gasteiger partial charge in [0, 0.05) is 15.1 Å². The van der Waals surface area contributed by atoms with E-state index in [4.69, 9.17) is 4.74 Å². The summed E-state index contributed by atoms with van der Waals surface area (Å²) in [5.74, 6) is 0.787. The molecule has 3 nitrogen and oxygen atoms in total. The van der Waals surface area contributed by atoms with Crippen LogP contribution in [0.2, 0.25) is 0 Å². The summed E-state index contributed by atoms with van der Waals surface area (Å²) >= 11 is 7.06. The molecule has 0 saturated carbocycles. The first-order valence-corrected chi connectivity index (χ1v) is 7.92. The minimum atomic E-state index is -0.00931. The Morgan fingerprint density at radius 2 is 1.95 bits per heavy atom. The molecule has 1 unspecified atom stereocenters. The number of benzene rings is 1. The molecular formula is C15H16Br2N2O. The molecule has 0 fully saturated rings. The van der Waals surface area contributed by atoms with E-state index in [1.807, 2.05) is 18.2 Å². The molecule has 0 aliphatic heterocycles. The lowest BCUT2D eigenvalue weighted by atomic mass is 10.0. The van der Waals surface area contributed by atoms with Crippen molar-refractivity contribution in [2.45, 2.75) is 13.0 Å². The van der Waals surface area contributed by atoms with Crippen molar-refractivity contribution in [3.63, 3.8) is 0 Å². The van der Waals surface area contributed by atoms with Crippen LogP contribution in [0.25, 0.3) is 0 Å². The van der Waals surface area contributed by atoms with Gasteiger partial charge in [-0.05, 0) is 42.4 Å². The van der Waals surface area contributed by atoms with E-state index in [9.17, 15) is 0 Å². The van der Waals surface area contributed by atoms with Crippen LogP contribution in [0.3, 0.4) is 0 Å². The summed E-state index contributed by atoms with van der Waals surface area (Å²) in [6.45, 7) is 2.92. The van der Waals surface area contributed by atoms with Crippen molar-refractivity contribution >= 4 is 31.9 Å². The number of nitrogens with one attached hydrogen (secondary N) is 1. The molecule has 1 aromatic carbocycles. The van der Waals surface area contributed by atoms with Gasteiger partial charge in [-0.2, -0.15) is 0 Å². The van der Waals surface area contributed by atoms with Crippen molar-refractivity contribution in [2.24, 2.45) is 0 Å². The summed E-state index contributed by atoms with van der Waals surface area (Å²) in [6.07, 6.45) is 1.79. The van der Waals surface area contributed by atoms with E-state index in [-0.39, 0.29) is 6.04 Å². The highest BCUT2D eigenvalue weighted by atomic mass is 79.9. The fourth-order valence-electron chi connectivity index (χ4n) is 2.11. The predicted molar refractivity (Wildman–Crippen MR) is 88.2 cm³/mol. The molecular weight excluding hydrogens is 384 g/mol. The van der Waals surface area contributed by atoms with Crippen LogP contribution >= 0.6 is 31.9 Å². The largest absolute Gasteiger partial charge is 0.495 e. The average Bonchev–Trinajstić information content (AvgIpc) is 2.43. The second-order valence-corrected chi connectivity index (χ2v) is 6.12. The predicted octanol–water partition coefficient (Wildman–Crippen LogP) is 4.31. The van der Waals surface area contributed by atoms with Crippen molar-refractivity contribution in [2.75, 3.05) is 13.7 Å². The summed E-state index contributed by atoms with van der Waals surface area (Å²) in [6, 6.07) is 9.99. The normalized spacial score (nSPS) is 12.2. The first kappa shape index (κ1) is 15.5. The zero-order chi connectivity index (χ0) is 14.5. The number of aromatic nitrogens is 1. The standard InChI is InChI=1S/C15H16Br2N2O/c1-3-18-14(10-7-11(16)9-12(17)8-10)15-13(20-2)5-4-6-19-15/h4-9,14,18H,3H2,1-2H3. The van der Waals surface area contributed by atoms with Gasteiger partial charge in [0.15, 0.2) is 0 Å². The van der Waals surface area contributed by atoms with Crippen molar-refractivity contribution in [1.82, 2.24) is 10.3 Å². The summed E-state index contributed by atoms with van der Waals surface area (Å²) in [5, 5.41) is 3.46. The number of hydrogen-bond donors (Lipinski definition) is 1. The van der Waals surface area contributed by atoms with Gasteiger partial charge in [0.05, 0.1) is 13.2 Å². The molecule has 2 rings (SSSR count). The van der Waals surface area contributed by atoms with Gasteiger partial charge in [0.1, 0.15) is 11.4 Å². The summed E-state index contributed by atoms with van der Waals surface area (Å²) < 4.78 is 7.48. The number of rotatable bonds is 5. The Morgan fingerprint density at radius 1 is 1.25 bits per heavy atom. The molecule has 0 spiro atoms. The molecule has 0 radical (unpaired) electrons. The quantitative estimate of drug-likeness (QED) is 0.813. The van der Waals surface area contributed by atoms with E-state index in [0.29, 0.717) is 0 Å². The highest BCUT2D eigenvalue weighted by Gasteiger charge is 2.19. The Hall–Kier alpha value is -0.910. The average molecular weight is 400 g/mol. The third-order valence-electron chi connectivity index (χ3n) is 2.92. The Kier molecular flexibility index (Phi) is 5.57. The van der Waals surface area contributed by atoms with Gasteiger partial charge < -0.3 is 10.1 Å². The van der Waals surface area contributed by atoms with Crippen molar-refractivity contribution < 1.29 is 4.74 Å². The maximum Gasteiger partial charge on any atom is 0.142 e. The zero-order valence-electron chi connectivity index (χ0n) is 11.4. The SMILES string of the molecule is CCNC(c1cc(Br)cc(Br)c1)c1ncccc1OC. The smallest absolute Gasteiger partial charge is 0.142 e. The first-order chi connectivity index (χ1) is 9.65. The van der Waals surface area contributed by atoms with Gasteiger partial charge in [0.2, 0.25) is 0 Å². The van der Waals surface area contributed by atoms with Gasteiger partial charge in [-0.1, -0.05) is 38.8 Å². The number of ether oxygens (including phenoxy) is 1. The van der Waals surface area contributed by atoms with Crippen LogP contribution in [0.15, 0.2) is 45.5 Å². The van der Waals surface area contributed by atoms with E-state index in [0.717, 1.165) is 32.5 Å². The lowest BCUT2D eigenvalue weighted by Gasteiger charge is -2.20. The Labute approximate surface area is 136 Å². The third-order valence-corrected chi connectivity index (χ3v) is 3.84. The van der Waals surface area contributed by atoms with Crippen LogP contribution in [0, 0.1) is 0 Å². The molecule has 0 amide bonds. The number of methoxy groups -OCH3 is 1. The molecule has 0 aliphatic rings. The molecule has 106 valence electrons. The van der Waals surface area contributed by atoms with E-state index in [1.54, 1.807) is 13.3 Å². The molecule has 0 saturated heterocycles. The number of hydrogen-bond acceptors (Lipinski definition) is 3. The second kappa shape index (κ2) is 7.20. The van der Waals surface area contributed by atoms with Crippen LogP contribution in [-0.2, 0) is 0 Å². The second-order valence-electron chi connectivity index (χ2n) is 4.28. The summed E-state index contributed by atoms with van der Waals surface area (Å²) in [7, 11) is 1.67. The fraction of sp³-hybridized carbons (Fsp3) is 0.267. The molecule has 5 heteroatoms. The highest BCUT2D eigenvalue weighted by Crippen LogP contribution is 2.31. The topological polar surface area (TPSA) is 34.2 Å². The first-order valence-electron chi connectivity index (χ1n) is 6.34. The molecule has 20 heavy (non-hydrogen) atoms. The Bertz CT molecular complexity index is 570. The van der Waals surface area contributed by atoms with E-state index in [2.05, 4.69) is 61.2 Å². The molecule has 1 N–H and O–H groups in total. The van der Waals surface area contributed by atoms with Crippen molar-refractivity contribution in [3.8, 4) is 5.75 Å². The van der Waals surface area contributed by atoms with Crippen LogP contribution < -0.4 is 10.1 Å². The van der Waals surface area contributed by atoms with Crippen LogP contribution in [0.1, 0.15) is 24.2 Å². The van der Waals surface area contributed by atoms with E-state index < -0.39 is 0 Å². The maximum atomic E-state index is 5.43. The van der Waals surface area contributed by atoms with Gasteiger partial charge >= 0.3 is 0 Å². The number of nitrogens with zero attached hydrogens (tertiary/aromatic N) is 1. The summed E-state index contributed by atoms with van der Waals surface area (Å²) in [4.78, 5) is 4.49. The Balaban J connectivity index is 2.50. The van der Waals surface area contributed by atoms with Gasteiger partial charge in [-0.25, -0.2) is 0 Å². The molecule has 1 aromatic heterocycles. The lowest BCUT2D eigenvalue weighted by Crippen LogP contribution is -2.23. The molecule has 1 atom stereocenters. The summed E-state index contributed by atoms with van der Waals surface area (Å²) in [5.41, 5.74) is 2.02. The zero-order valence-corrected chi connectivity index (χ0v) is 14.5. The molecule has 2 aromatic rings. The minimum Gasteiger partial charge on any atom is -0.495 e. The van der Waals surface area contributed by atoms with Gasteiger partial charge in [-0.3, -0.25) is 4.98 Å². The van der Waals surface area contributed by atoms with E-state index in [1.165, 1.54) is 0 Å². The molecule has 1 heterocycles. The van der Waals surface area contributed by atoms with Crippen molar-refractivity contribution in [3.05, 3.63) is 56.7 Å². The van der Waals surface area contributed by atoms with Crippen LogP contribution in [-0.4, -0.2) is 18.6 Å². The third kappa shape index (κ3) is 3.59. The number of halogens is 2. The van der Waals surface area contributed by atoms with Gasteiger partial charge in [0.25, 0.3) is 0 Å². The Morgan fingerprint density at radius 3 is 2.55 bits per heavy atom. The lowest BCUT2D eigenvalue weighted by molar-refractivity contribution is 0.400. The maximum absolute atomic E-state index is 5.43. The molecule has 0 bridgehead atoms. The minimum absolute atomic E-state index is 0.00931.